The minimum absolute atomic E-state index is 0.406. The Morgan fingerprint density at radius 3 is 2.67 bits per heavy atom. The number of aliphatic hydroxyl groups excluding tert-OH is 1. The maximum Gasteiger partial charge on any atom is 0.0897 e. The Labute approximate surface area is 130 Å². The normalized spacial score (nSPS) is 23.7. The second kappa shape index (κ2) is 11.2. The summed E-state index contributed by atoms with van der Waals surface area (Å²) in [7, 11) is 0. The number of aliphatic hydroxyl groups is 1. The highest BCUT2D eigenvalue weighted by atomic mass is 16.5. The Kier molecular flexibility index (Phi) is 9.92. The first-order chi connectivity index (χ1) is 10.2. The van der Waals surface area contributed by atoms with Crippen LogP contribution in [0.15, 0.2) is 12.2 Å². The van der Waals surface area contributed by atoms with Crippen molar-refractivity contribution in [1.82, 2.24) is 10.2 Å². The zero-order valence-electron chi connectivity index (χ0n) is 14.1. The van der Waals surface area contributed by atoms with Gasteiger partial charge in [0.15, 0.2) is 0 Å². The van der Waals surface area contributed by atoms with Gasteiger partial charge in [0.1, 0.15) is 0 Å². The summed E-state index contributed by atoms with van der Waals surface area (Å²) in [4.78, 5) is 2.37. The van der Waals surface area contributed by atoms with E-state index in [1.807, 2.05) is 0 Å². The van der Waals surface area contributed by atoms with Crippen molar-refractivity contribution in [2.75, 3.05) is 45.9 Å². The van der Waals surface area contributed by atoms with Crippen LogP contribution < -0.4 is 5.32 Å². The van der Waals surface area contributed by atoms with E-state index in [1.54, 1.807) is 0 Å². The fraction of sp³-hybridized carbons (Fsp3) is 0.882. The predicted octanol–water partition coefficient (Wildman–Crippen LogP) is 1.90. The lowest BCUT2D eigenvalue weighted by Crippen LogP contribution is -2.37. The molecule has 0 saturated carbocycles. The lowest BCUT2D eigenvalue weighted by Gasteiger charge is -2.25. The third-order valence-corrected chi connectivity index (χ3v) is 4.44. The Morgan fingerprint density at radius 2 is 2.00 bits per heavy atom. The standard InChI is InChI=1S/C17H34N2O2/c1-4-19(5-2)11-10-18-12-17(20)14-21-13-16-9-7-6-8-15(16)3/h6-7,15-18,20H,4-5,8-14H2,1-3H3. The van der Waals surface area contributed by atoms with Crippen LogP contribution in [0.1, 0.15) is 33.6 Å². The SMILES string of the molecule is CCN(CC)CCNCC(O)COCC1CC=CCC1C. The van der Waals surface area contributed by atoms with Crippen LogP contribution in [-0.2, 0) is 4.74 Å². The van der Waals surface area contributed by atoms with Crippen molar-refractivity contribution in [3.8, 4) is 0 Å². The minimum Gasteiger partial charge on any atom is -0.389 e. The number of ether oxygens (including phenoxy) is 1. The minimum atomic E-state index is -0.406. The van der Waals surface area contributed by atoms with Crippen LogP contribution in [0.25, 0.3) is 0 Å². The Morgan fingerprint density at radius 1 is 1.29 bits per heavy atom. The monoisotopic (exact) mass is 298 g/mol. The van der Waals surface area contributed by atoms with E-state index < -0.39 is 6.10 Å². The molecule has 0 aromatic rings. The smallest absolute Gasteiger partial charge is 0.0897 e. The van der Waals surface area contributed by atoms with Crippen LogP contribution in [-0.4, -0.2) is 62.0 Å². The molecule has 0 amide bonds. The maximum atomic E-state index is 9.91. The molecule has 0 heterocycles. The number of rotatable bonds is 11. The molecule has 1 aliphatic rings. The third-order valence-electron chi connectivity index (χ3n) is 4.44. The average Bonchev–Trinajstić information content (AvgIpc) is 2.49. The van der Waals surface area contributed by atoms with Gasteiger partial charge in [-0.25, -0.2) is 0 Å². The molecular formula is C17H34N2O2. The molecule has 4 nitrogen and oxygen atoms in total. The Hall–Kier alpha value is -0.420. The number of hydrogen-bond donors (Lipinski definition) is 2. The van der Waals surface area contributed by atoms with Gasteiger partial charge in [-0.05, 0) is 37.8 Å². The molecule has 0 bridgehead atoms. The van der Waals surface area contributed by atoms with Gasteiger partial charge in [-0.2, -0.15) is 0 Å². The van der Waals surface area contributed by atoms with Crippen LogP contribution in [0, 0.1) is 11.8 Å². The van der Waals surface area contributed by atoms with E-state index in [4.69, 9.17) is 4.74 Å². The van der Waals surface area contributed by atoms with E-state index in [9.17, 15) is 5.11 Å². The number of nitrogens with one attached hydrogen (secondary N) is 1. The molecule has 0 fully saturated rings. The second-order valence-corrected chi connectivity index (χ2v) is 6.10. The van der Waals surface area contributed by atoms with E-state index in [0.717, 1.165) is 45.6 Å². The number of likely N-dealkylation sites (N-methyl/N-ethyl adjacent to an activating group) is 1. The van der Waals surface area contributed by atoms with Gasteiger partial charge < -0.3 is 20.1 Å². The first-order valence-corrected chi connectivity index (χ1v) is 8.51. The highest BCUT2D eigenvalue weighted by Crippen LogP contribution is 2.24. The van der Waals surface area contributed by atoms with Crippen LogP contribution in [0.5, 0.6) is 0 Å². The molecule has 0 aromatic heterocycles. The fourth-order valence-corrected chi connectivity index (χ4v) is 2.70. The molecule has 0 saturated heterocycles. The summed E-state index contributed by atoms with van der Waals surface area (Å²) in [6.45, 7) is 12.6. The van der Waals surface area contributed by atoms with Gasteiger partial charge >= 0.3 is 0 Å². The molecule has 0 radical (unpaired) electrons. The molecule has 0 spiro atoms. The summed E-state index contributed by atoms with van der Waals surface area (Å²) in [5, 5.41) is 13.2. The largest absolute Gasteiger partial charge is 0.389 e. The van der Waals surface area contributed by atoms with Crippen molar-refractivity contribution in [1.29, 1.82) is 0 Å². The quantitative estimate of drug-likeness (QED) is 0.452. The van der Waals surface area contributed by atoms with Gasteiger partial charge in [-0.1, -0.05) is 32.9 Å². The van der Waals surface area contributed by atoms with Gasteiger partial charge in [0.05, 0.1) is 19.3 Å². The molecule has 4 heteroatoms. The first-order valence-electron chi connectivity index (χ1n) is 8.51. The van der Waals surface area contributed by atoms with Gasteiger partial charge in [-0.3, -0.25) is 0 Å². The van der Waals surface area contributed by atoms with Crippen LogP contribution >= 0.6 is 0 Å². The Bertz CT molecular complexity index is 280. The van der Waals surface area contributed by atoms with E-state index >= 15 is 0 Å². The Balaban J connectivity index is 2.01. The van der Waals surface area contributed by atoms with Crippen molar-refractivity contribution >= 4 is 0 Å². The molecule has 1 aliphatic carbocycles. The molecule has 21 heavy (non-hydrogen) atoms. The van der Waals surface area contributed by atoms with Gasteiger partial charge in [0, 0.05) is 19.6 Å². The molecule has 2 N–H and O–H groups in total. The van der Waals surface area contributed by atoms with Crippen molar-refractivity contribution < 1.29 is 9.84 Å². The first kappa shape index (κ1) is 18.6. The lowest BCUT2D eigenvalue weighted by molar-refractivity contribution is 0.0128. The molecule has 0 aromatic carbocycles. The van der Waals surface area contributed by atoms with Gasteiger partial charge in [0.2, 0.25) is 0 Å². The van der Waals surface area contributed by atoms with Crippen molar-refractivity contribution in [2.24, 2.45) is 11.8 Å². The van der Waals surface area contributed by atoms with Crippen LogP contribution in [0.3, 0.4) is 0 Å². The fourth-order valence-electron chi connectivity index (χ4n) is 2.70. The summed E-state index contributed by atoms with van der Waals surface area (Å²) in [5.41, 5.74) is 0. The van der Waals surface area contributed by atoms with E-state index in [1.165, 1.54) is 0 Å². The topological polar surface area (TPSA) is 44.7 Å². The summed E-state index contributed by atoms with van der Waals surface area (Å²) in [5.74, 6) is 1.30. The average molecular weight is 298 g/mol. The van der Waals surface area contributed by atoms with Crippen LogP contribution in [0.4, 0.5) is 0 Å². The highest BCUT2D eigenvalue weighted by molar-refractivity contribution is 4.93. The maximum absolute atomic E-state index is 9.91. The lowest BCUT2D eigenvalue weighted by atomic mass is 9.85. The van der Waals surface area contributed by atoms with E-state index in [-0.39, 0.29) is 0 Å². The van der Waals surface area contributed by atoms with Gasteiger partial charge in [-0.15, -0.1) is 0 Å². The zero-order valence-corrected chi connectivity index (χ0v) is 14.1. The molecule has 124 valence electrons. The van der Waals surface area contributed by atoms with Crippen molar-refractivity contribution in [2.45, 2.75) is 39.7 Å². The van der Waals surface area contributed by atoms with Crippen molar-refractivity contribution in [3.05, 3.63) is 12.2 Å². The highest BCUT2D eigenvalue weighted by Gasteiger charge is 2.18. The number of allylic oxidation sites excluding steroid dienone is 2. The predicted molar refractivity (Wildman–Crippen MR) is 88.5 cm³/mol. The summed E-state index contributed by atoms with van der Waals surface area (Å²) >= 11 is 0. The number of hydrogen-bond acceptors (Lipinski definition) is 4. The van der Waals surface area contributed by atoms with Crippen LogP contribution in [0.2, 0.25) is 0 Å². The molecule has 0 aliphatic heterocycles. The second-order valence-electron chi connectivity index (χ2n) is 6.10. The van der Waals surface area contributed by atoms with Gasteiger partial charge in [0.25, 0.3) is 0 Å². The zero-order chi connectivity index (χ0) is 15.5. The number of nitrogens with zero attached hydrogens (tertiary/aromatic N) is 1. The third kappa shape index (κ3) is 7.96. The summed E-state index contributed by atoms with van der Waals surface area (Å²) in [6.07, 6.45) is 6.37. The molecule has 1 rings (SSSR count). The summed E-state index contributed by atoms with van der Waals surface area (Å²) < 4.78 is 5.69. The van der Waals surface area contributed by atoms with E-state index in [0.29, 0.717) is 25.0 Å². The van der Waals surface area contributed by atoms with Crippen molar-refractivity contribution in [3.63, 3.8) is 0 Å². The molecule has 3 unspecified atom stereocenters. The molecular weight excluding hydrogens is 264 g/mol. The molecule has 3 atom stereocenters. The summed E-state index contributed by atoms with van der Waals surface area (Å²) in [6, 6.07) is 0. The van der Waals surface area contributed by atoms with E-state index in [2.05, 4.69) is 43.1 Å².